The Balaban J connectivity index is 1.89. The topological polar surface area (TPSA) is 70.0 Å². The van der Waals surface area contributed by atoms with Crippen LogP contribution >= 0.6 is 0 Å². The Kier molecular flexibility index (Phi) is 4.27. The fourth-order valence-corrected chi connectivity index (χ4v) is 4.32. The van der Waals surface area contributed by atoms with Crippen LogP contribution < -0.4 is 0 Å². The van der Waals surface area contributed by atoms with Crippen molar-refractivity contribution in [3.63, 3.8) is 0 Å². The smallest absolute Gasteiger partial charge is 0.214 e. The van der Waals surface area contributed by atoms with Crippen LogP contribution in [0.25, 0.3) is 0 Å². The Labute approximate surface area is 109 Å². The van der Waals surface area contributed by atoms with Crippen LogP contribution in [-0.4, -0.2) is 42.5 Å². The summed E-state index contributed by atoms with van der Waals surface area (Å²) in [6.07, 6.45) is 4.97. The zero-order valence-corrected chi connectivity index (χ0v) is 11.7. The summed E-state index contributed by atoms with van der Waals surface area (Å²) in [6, 6.07) is 0. The lowest BCUT2D eigenvalue weighted by molar-refractivity contribution is 0.295. The maximum absolute atomic E-state index is 12.2. The maximum atomic E-state index is 12.2. The molecule has 1 atom stereocenters. The van der Waals surface area contributed by atoms with Gasteiger partial charge in [-0.3, -0.25) is 0 Å². The van der Waals surface area contributed by atoms with Crippen molar-refractivity contribution >= 4 is 15.7 Å². The van der Waals surface area contributed by atoms with Crippen molar-refractivity contribution in [2.75, 3.05) is 18.8 Å². The van der Waals surface area contributed by atoms with E-state index < -0.39 is 10.0 Å². The molecule has 1 saturated carbocycles. The van der Waals surface area contributed by atoms with Gasteiger partial charge in [0.05, 0.1) is 11.5 Å². The highest BCUT2D eigenvalue weighted by atomic mass is 32.2. The Morgan fingerprint density at radius 1 is 1.44 bits per heavy atom. The molecule has 2 fully saturated rings. The number of rotatable bonds is 4. The second kappa shape index (κ2) is 5.57. The first kappa shape index (κ1) is 13.8. The molecule has 0 amide bonds. The van der Waals surface area contributed by atoms with Crippen LogP contribution in [0.4, 0.5) is 0 Å². The zero-order chi connectivity index (χ0) is 13.2. The molecule has 104 valence electrons. The monoisotopic (exact) mass is 274 g/mol. The second-order valence-electron chi connectivity index (χ2n) is 5.50. The van der Waals surface area contributed by atoms with Crippen molar-refractivity contribution < 1.29 is 13.6 Å². The lowest BCUT2D eigenvalue weighted by Crippen LogP contribution is -2.44. The average molecular weight is 274 g/mol. The van der Waals surface area contributed by atoms with Crippen LogP contribution in [0, 0.1) is 11.8 Å². The summed E-state index contributed by atoms with van der Waals surface area (Å²) in [7, 11) is -3.12. The molecule has 0 bridgehead atoms. The van der Waals surface area contributed by atoms with Crippen molar-refractivity contribution in [3.05, 3.63) is 0 Å². The van der Waals surface area contributed by atoms with E-state index in [1.165, 1.54) is 19.3 Å². The summed E-state index contributed by atoms with van der Waals surface area (Å²) in [6.45, 7) is 2.81. The van der Waals surface area contributed by atoms with Gasteiger partial charge in [-0.25, -0.2) is 12.7 Å². The minimum atomic E-state index is -3.12. The first-order valence-electron chi connectivity index (χ1n) is 6.71. The highest BCUT2D eigenvalue weighted by Gasteiger charge is 2.31. The van der Waals surface area contributed by atoms with Crippen molar-refractivity contribution in [3.8, 4) is 0 Å². The summed E-state index contributed by atoms with van der Waals surface area (Å²) in [5, 5.41) is 12.0. The molecule has 1 aliphatic heterocycles. The molecular weight excluding hydrogens is 252 g/mol. The first-order valence-corrected chi connectivity index (χ1v) is 8.32. The molecule has 6 heteroatoms. The standard InChI is InChI=1S/C12H22N2O3S/c1-10-9-14(7-5-12(10)13-15)18(16,17)8-6-11-3-2-4-11/h10-11,15H,2-9H2,1H3. The molecule has 5 nitrogen and oxygen atoms in total. The number of hydrogen-bond acceptors (Lipinski definition) is 4. The molecule has 0 aromatic carbocycles. The number of hydrogen-bond donors (Lipinski definition) is 1. The molecule has 2 rings (SSSR count). The molecular formula is C12H22N2O3S. The molecule has 2 aliphatic rings. The molecule has 0 aromatic rings. The molecule has 18 heavy (non-hydrogen) atoms. The van der Waals surface area contributed by atoms with Crippen LogP contribution in [0.3, 0.4) is 0 Å². The van der Waals surface area contributed by atoms with Crippen LogP contribution in [0.15, 0.2) is 5.16 Å². The highest BCUT2D eigenvalue weighted by molar-refractivity contribution is 7.89. The van der Waals surface area contributed by atoms with Gasteiger partial charge in [-0.2, -0.15) is 0 Å². The van der Waals surface area contributed by atoms with Gasteiger partial charge in [0, 0.05) is 25.4 Å². The van der Waals surface area contributed by atoms with Gasteiger partial charge in [0.15, 0.2) is 0 Å². The van der Waals surface area contributed by atoms with Gasteiger partial charge >= 0.3 is 0 Å². The van der Waals surface area contributed by atoms with Crippen molar-refractivity contribution in [2.45, 2.75) is 39.0 Å². The van der Waals surface area contributed by atoms with Crippen molar-refractivity contribution in [1.29, 1.82) is 0 Å². The summed E-state index contributed by atoms with van der Waals surface area (Å²) in [5.41, 5.74) is 0.709. The normalized spacial score (nSPS) is 29.4. The third-order valence-electron chi connectivity index (χ3n) is 4.19. The highest BCUT2D eigenvalue weighted by Crippen LogP contribution is 2.30. The first-order chi connectivity index (χ1) is 8.53. The number of oxime groups is 1. The fraction of sp³-hybridized carbons (Fsp3) is 0.917. The van der Waals surface area contributed by atoms with Gasteiger partial charge in [0.25, 0.3) is 0 Å². The van der Waals surface area contributed by atoms with E-state index in [1.54, 1.807) is 4.31 Å². The number of piperidine rings is 1. The van der Waals surface area contributed by atoms with E-state index in [2.05, 4.69) is 5.16 Å². The van der Waals surface area contributed by atoms with E-state index >= 15 is 0 Å². The van der Waals surface area contributed by atoms with Gasteiger partial charge in [0.1, 0.15) is 0 Å². The summed E-state index contributed by atoms with van der Waals surface area (Å²) in [4.78, 5) is 0. The predicted octanol–water partition coefficient (Wildman–Crippen LogP) is 1.68. The van der Waals surface area contributed by atoms with Crippen LogP contribution in [-0.2, 0) is 10.0 Å². The summed E-state index contributed by atoms with van der Waals surface area (Å²) in [5.74, 6) is 0.912. The minimum Gasteiger partial charge on any atom is -0.411 e. The van der Waals surface area contributed by atoms with E-state index in [0.29, 0.717) is 31.1 Å². The average Bonchev–Trinajstić information content (AvgIpc) is 2.26. The minimum absolute atomic E-state index is 0.0160. The molecule has 0 spiro atoms. The Morgan fingerprint density at radius 2 is 2.17 bits per heavy atom. The summed E-state index contributed by atoms with van der Waals surface area (Å²) >= 11 is 0. The third-order valence-corrected chi connectivity index (χ3v) is 6.06. The van der Waals surface area contributed by atoms with Gasteiger partial charge < -0.3 is 5.21 Å². The van der Waals surface area contributed by atoms with E-state index in [9.17, 15) is 8.42 Å². The molecule has 1 heterocycles. The SMILES string of the molecule is CC1CN(S(=O)(=O)CCC2CCC2)CCC1=NO. The molecule has 0 aromatic heterocycles. The Bertz CT molecular complexity index is 415. The molecule has 1 N–H and O–H groups in total. The second-order valence-corrected chi connectivity index (χ2v) is 7.59. The molecule has 1 unspecified atom stereocenters. The molecule has 0 radical (unpaired) electrons. The van der Waals surface area contributed by atoms with E-state index in [0.717, 1.165) is 6.42 Å². The lowest BCUT2D eigenvalue weighted by Gasteiger charge is -2.32. The quantitative estimate of drug-likeness (QED) is 0.626. The van der Waals surface area contributed by atoms with E-state index in [4.69, 9.17) is 5.21 Å². The van der Waals surface area contributed by atoms with E-state index in [1.807, 2.05) is 6.92 Å². The van der Waals surface area contributed by atoms with Crippen LogP contribution in [0.5, 0.6) is 0 Å². The van der Waals surface area contributed by atoms with Crippen LogP contribution in [0.1, 0.15) is 39.0 Å². The third kappa shape index (κ3) is 3.03. The maximum Gasteiger partial charge on any atom is 0.214 e. The van der Waals surface area contributed by atoms with Crippen molar-refractivity contribution in [1.82, 2.24) is 4.31 Å². The Morgan fingerprint density at radius 3 is 2.67 bits per heavy atom. The zero-order valence-electron chi connectivity index (χ0n) is 10.9. The number of sulfonamides is 1. The van der Waals surface area contributed by atoms with Crippen molar-refractivity contribution in [2.24, 2.45) is 17.0 Å². The van der Waals surface area contributed by atoms with Gasteiger partial charge in [-0.1, -0.05) is 31.3 Å². The predicted molar refractivity (Wildman–Crippen MR) is 70.3 cm³/mol. The molecule has 1 aliphatic carbocycles. The van der Waals surface area contributed by atoms with Crippen LogP contribution in [0.2, 0.25) is 0 Å². The number of nitrogens with zero attached hydrogens (tertiary/aromatic N) is 2. The van der Waals surface area contributed by atoms with Gasteiger partial charge in [-0.15, -0.1) is 0 Å². The lowest BCUT2D eigenvalue weighted by atomic mass is 9.84. The molecule has 1 saturated heterocycles. The fourth-order valence-electron chi connectivity index (χ4n) is 2.62. The Hall–Kier alpha value is -0.620. The summed E-state index contributed by atoms with van der Waals surface area (Å²) < 4.78 is 25.9. The van der Waals surface area contributed by atoms with E-state index in [-0.39, 0.29) is 11.7 Å². The largest absolute Gasteiger partial charge is 0.411 e. The van der Waals surface area contributed by atoms with Gasteiger partial charge in [0.2, 0.25) is 10.0 Å². The van der Waals surface area contributed by atoms with Gasteiger partial charge in [-0.05, 0) is 12.3 Å².